The highest BCUT2D eigenvalue weighted by atomic mass is 16.5. The van der Waals surface area contributed by atoms with Crippen molar-refractivity contribution >= 4 is 11.9 Å². The van der Waals surface area contributed by atoms with Crippen LogP contribution in [0.15, 0.2) is 24.3 Å². The van der Waals surface area contributed by atoms with Crippen LogP contribution < -0.4 is 4.74 Å². The molecule has 1 heterocycles. The van der Waals surface area contributed by atoms with Gasteiger partial charge in [0.05, 0.1) is 13.2 Å². The summed E-state index contributed by atoms with van der Waals surface area (Å²) in [6.45, 7) is 4.46. The summed E-state index contributed by atoms with van der Waals surface area (Å²) in [6.07, 6.45) is -1.07. The van der Waals surface area contributed by atoms with Crippen LogP contribution in [0.2, 0.25) is 0 Å². The number of hydrogen-bond acceptors (Lipinski definition) is 4. The molecule has 22 heavy (non-hydrogen) atoms. The van der Waals surface area contributed by atoms with E-state index in [1.807, 2.05) is 38.1 Å². The molecule has 1 fully saturated rings. The molecule has 6 heteroatoms. The van der Waals surface area contributed by atoms with E-state index in [9.17, 15) is 9.59 Å². The number of ether oxygens (including phenoxy) is 2. The summed E-state index contributed by atoms with van der Waals surface area (Å²) >= 11 is 0. The Balaban J connectivity index is 2.05. The number of benzene rings is 1. The van der Waals surface area contributed by atoms with Gasteiger partial charge in [0.15, 0.2) is 12.2 Å². The van der Waals surface area contributed by atoms with Crippen molar-refractivity contribution in [3.8, 4) is 5.75 Å². The summed E-state index contributed by atoms with van der Waals surface area (Å²) in [5, 5.41) is 9.01. The van der Waals surface area contributed by atoms with E-state index >= 15 is 0 Å². The van der Waals surface area contributed by atoms with Crippen LogP contribution in [0.25, 0.3) is 0 Å². The van der Waals surface area contributed by atoms with E-state index in [-0.39, 0.29) is 19.1 Å². The number of rotatable bonds is 5. The van der Waals surface area contributed by atoms with Crippen molar-refractivity contribution in [2.24, 2.45) is 0 Å². The molecule has 0 radical (unpaired) electrons. The maximum Gasteiger partial charge on any atom is 0.334 e. The van der Waals surface area contributed by atoms with Gasteiger partial charge in [-0.15, -0.1) is 0 Å². The molecule has 1 saturated heterocycles. The molecular weight excluding hydrogens is 286 g/mol. The van der Waals surface area contributed by atoms with Crippen LogP contribution in [0.4, 0.5) is 0 Å². The lowest BCUT2D eigenvalue weighted by Crippen LogP contribution is -2.52. The number of hydrogen-bond donors (Lipinski definition) is 1. The maximum atomic E-state index is 12.6. The first-order chi connectivity index (χ1) is 10.5. The van der Waals surface area contributed by atoms with Gasteiger partial charge in [0.1, 0.15) is 5.75 Å². The van der Waals surface area contributed by atoms with E-state index in [0.29, 0.717) is 18.7 Å². The fourth-order valence-corrected chi connectivity index (χ4v) is 2.35. The Kier molecular flexibility index (Phi) is 5.38. The largest absolute Gasteiger partial charge is 0.480 e. The van der Waals surface area contributed by atoms with Crippen molar-refractivity contribution in [1.82, 2.24) is 4.90 Å². The predicted molar refractivity (Wildman–Crippen MR) is 79.8 cm³/mol. The Hall–Kier alpha value is -2.08. The minimum atomic E-state index is -1.05. The third-order valence-electron chi connectivity index (χ3n) is 3.66. The minimum absolute atomic E-state index is 0.0573. The number of para-hydroxylation sites is 1. The Bertz CT molecular complexity index is 545. The topological polar surface area (TPSA) is 76.1 Å². The third kappa shape index (κ3) is 3.76. The molecule has 120 valence electrons. The second kappa shape index (κ2) is 7.26. The van der Waals surface area contributed by atoms with Gasteiger partial charge in [0, 0.05) is 6.54 Å². The van der Waals surface area contributed by atoms with Crippen LogP contribution in [0, 0.1) is 6.92 Å². The monoisotopic (exact) mass is 307 g/mol. The van der Waals surface area contributed by atoms with Crippen molar-refractivity contribution in [2.75, 3.05) is 19.7 Å². The molecule has 0 bridgehead atoms. The standard InChI is InChI=1S/C16H21NO5/c1-3-12(22-13-7-5-4-6-11(13)2)15(18)17-8-9-21-14(10-17)16(19)20/h4-7,12,14H,3,8-10H2,1-2H3,(H,19,20)/t12-,14+/m1/s1. The quantitative estimate of drug-likeness (QED) is 0.891. The summed E-state index contributed by atoms with van der Waals surface area (Å²) in [7, 11) is 0. The van der Waals surface area contributed by atoms with E-state index < -0.39 is 18.2 Å². The maximum absolute atomic E-state index is 12.6. The summed E-state index contributed by atoms with van der Waals surface area (Å²) in [4.78, 5) is 25.1. The van der Waals surface area contributed by atoms with Gasteiger partial charge in [-0.2, -0.15) is 0 Å². The number of carbonyl (C=O) groups excluding carboxylic acids is 1. The molecule has 0 aromatic heterocycles. The number of morpholine rings is 1. The second-order valence-corrected chi connectivity index (χ2v) is 5.26. The lowest BCUT2D eigenvalue weighted by molar-refractivity contribution is -0.161. The molecule has 0 saturated carbocycles. The number of aryl methyl sites for hydroxylation is 1. The number of carboxylic acid groups (broad SMARTS) is 1. The summed E-state index contributed by atoms with van der Waals surface area (Å²) in [5.74, 6) is -0.573. The van der Waals surface area contributed by atoms with Gasteiger partial charge in [-0.05, 0) is 25.0 Å². The Morgan fingerprint density at radius 1 is 1.45 bits per heavy atom. The van der Waals surface area contributed by atoms with E-state index in [0.717, 1.165) is 5.56 Å². The first-order valence-electron chi connectivity index (χ1n) is 7.38. The van der Waals surface area contributed by atoms with E-state index in [1.165, 1.54) is 4.90 Å². The van der Waals surface area contributed by atoms with Gasteiger partial charge >= 0.3 is 5.97 Å². The number of nitrogens with zero attached hydrogens (tertiary/aromatic N) is 1. The third-order valence-corrected chi connectivity index (χ3v) is 3.66. The van der Waals surface area contributed by atoms with E-state index in [2.05, 4.69) is 0 Å². The molecule has 0 aliphatic carbocycles. The normalized spacial score (nSPS) is 19.5. The summed E-state index contributed by atoms with van der Waals surface area (Å²) in [5.41, 5.74) is 0.958. The van der Waals surface area contributed by atoms with Crippen molar-refractivity contribution in [1.29, 1.82) is 0 Å². The fourth-order valence-electron chi connectivity index (χ4n) is 2.35. The van der Waals surface area contributed by atoms with E-state index in [1.54, 1.807) is 0 Å². The Morgan fingerprint density at radius 3 is 2.82 bits per heavy atom. The zero-order valence-electron chi connectivity index (χ0n) is 12.8. The van der Waals surface area contributed by atoms with Crippen LogP contribution in [0.5, 0.6) is 5.75 Å². The summed E-state index contributed by atoms with van der Waals surface area (Å²) < 4.78 is 11.0. The molecule has 1 aliphatic heterocycles. The predicted octanol–water partition coefficient (Wildman–Crippen LogP) is 1.46. The van der Waals surface area contributed by atoms with Crippen LogP contribution in [-0.4, -0.2) is 53.8 Å². The highest BCUT2D eigenvalue weighted by molar-refractivity contribution is 5.82. The molecule has 2 rings (SSSR count). The molecule has 1 aliphatic rings. The van der Waals surface area contributed by atoms with Crippen molar-refractivity contribution in [2.45, 2.75) is 32.5 Å². The van der Waals surface area contributed by atoms with Crippen LogP contribution in [0.1, 0.15) is 18.9 Å². The summed E-state index contributed by atoms with van der Waals surface area (Å²) in [6, 6.07) is 7.51. The lowest BCUT2D eigenvalue weighted by atomic mass is 10.2. The first kappa shape index (κ1) is 16.3. The molecule has 0 spiro atoms. The highest BCUT2D eigenvalue weighted by Crippen LogP contribution is 2.20. The highest BCUT2D eigenvalue weighted by Gasteiger charge is 2.32. The van der Waals surface area contributed by atoms with Gasteiger partial charge in [-0.1, -0.05) is 25.1 Å². The van der Waals surface area contributed by atoms with Crippen molar-refractivity contribution < 1.29 is 24.2 Å². The van der Waals surface area contributed by atoms with Gasteiger partial charge in [-0.3, -0.25) is 4.79 Å². The van der Waals surface area contributed by atoms with E-state index in [4.69, 9.17) is 14.6 Å². The minimum Gasteiger partial charge on any atom is -0.480 e. The molecule has 2 atom stereocenters. The van der Waals surface area contributed by atoms with Crippen LogP contribution in [0.3, 0.4) is 0 Å². The molecule has 1 amide bonds. The van der Waals surface area contributed by atoms with Gasteiger partial charge < -0.3 is 19.5 Å². The molecule has 1 N–H and O–H groups in total. The lowest BCUT2D eigenvalue weighted by Gasteiger charge is -2.33. The number of amides is 1. The molecule has 1 aromatic carbocycles. The second-order valence-electron chi connectivity index (χ2n) is 5.26. The van der Waals surface area contributed by atoms with Gasteiger partial charge in [0.25, 0.3) is 5.91 Å². The first-order valence-corrected chi connectivity index (χ1v) is 7.38. The average molecular weight is 307 g/mol. The van der Waals surface area contributed by atoms with Gasteiger partial charge in [-0.25, -0.2) is 4.79 Å². The fraction of sp³-hybridized carbons (Fsp3) is 0.500. The number of carboxylic acids is 1. The van der Waals surface area contributed by atoms with Crippen LogP contribution in [-0.2, 0) is 14.3 Å². The van der Waals surface area contributed by atoms with Gasteiger partial charge in [0.2, 0.25) is 0 Å². The van der Waals surface area contributed by atoms with Crippen LogP contribution >= 0.6 is 0 Å². The Labute approximate surface area is 129 Å². The zero-order valence-corrected chi connectivity index (χ0v) is 12.8. The zero-order chi connectivity index (χ0) is 16.1. The molecule has 6 nitrogen and oxygen atoms in total. The Morgan fingerprint density at radius 2 is 2.18 bits per heavy atom. The molecular formula is C16H21NO5. The van der Waals surface area contributed by atoms with Crippen molar-refractivity contribution in [3.05, 3.63) is 29.8 Å². The molecule has 1 aromatic rings. The SMILES string of the molecule is CC[C@@H](Oc1ccccc1C)C(=O)N1CCO[C@H](C(=O)O)C1. The number of carbonyl (C=O) groups is 2. The number of aliphatic carboxylic acids is 1. The average Bonchev–Trinajstić information content (AvgIpc) is 2.53. The smallest absolute Gasteiger partial charge is 0.334 e. The van der Waals surface area contributed by atoms with Crippen molar-refractivity contribution in [3.63, 3.8) is 0 Å². The molecule has 0 unspecified atom stereocenters.